The molecule has 4 atom stereocenters. The van der Waals surface area contributed by atoms with Crippen molar-refractivity contribution in [3.05, 3.63) is 11.6 Å². The normalized spacial score (nSPS) is 42.6. The Labute approximate surface area is 159 Å². The zero-order valence-corrected chi connectivity index (χ0v) is 16.5. The standard InChI is InChI=1S/C24H38F2/c25-23-14-13-22(16-24(23)26)21-11-9-20(10-12-21)19-7-5-18(6-8-19)15-17-3-1-2-4-17/h11,17-20,22-24H,1-10,12-16H2. The largest absolute Gasteiger partial charge is 0.244 e. The van der Waals surface area contributed by atoms with Gasteiger partial charge in [0, 0.05) is 0 Å². The molecular weight excluding hydrogens is 326 g/mol. The first-order valence-electron chi connectivity index (χ1n) is 11.7. The zero-order chi connectivity index (χ0) is 17.9. The van der Waals surface area contributed by atoms with Crippen molar-refractivity contribution in [2.45, 2.75) is 109 Å². The summed E-state index contributed by atoms with van der Waals surface area (Å²) in [5.74, 6) is 4.20. The number of allylic oxidation sites excluding steroid dienone is 2. The van der Waals surface area contributed by atoms with Gasteiger partial charge >= 0.3 is 0 Å². The van der Waals surface area contributed by atoms with E-state index in [1.165, 1.54) is 76.2 Å². The molecule has 0 spiro atoms. The predicted octanol–water partition coefficient (Wildman–Crippen LogP) is 7.58. The molecule has 4 rings (SSSR count). The van der Waals surface area contributed by atoms with E-state index in [1.54, 1.807) is 0 Å². The van der Waals surface area contributed by atoms with E-state index in [0.29, 0.717) is 18.8 Å². The summed E-state index contributed by atoms with van der Waals surface area (Å²) >= 11 is 0. The van der Waals surface area contributed by atoms with Gasteiger partial charge < -0.3 is 0 Å². The van der Waals surface area contributed by atoms with Crippen molar-refractivity contribution in [1.82, 2.24) is 0 Å². The molecule has 2 heteroatoms. The van der Waals surface area contributed by atoms with Crippen molar-refractivity contribution in [3.63, 3.8) is 0 Å². The maximum Gasteiger partial charge on any atom is 0.132 e. The highest BCUT2D eigenvalue weighted by Gasteiger charge is 2.34. The zero-order valence-electron chi connectivity index (χ0n) is 16.5. The first kappa shape index (κ1) is 18.9. The molecule has 4 unspecified atom stereocenters. The molecule has 0 aromatic carbocycles. The highest BCUT2D eigenvalue weighted by molar-refractivity contribution is 5.13. The number of hydrogen-bond donors (Lipinski definition) is 0. The molecule has 3 saturated carbocycles. The summed E-state index contributed by atoms with van der Waals surface area (Å²) in [6, 6.07) is 0. The van der Waals surface area contributed by atoms with Crippen LogP contribution >= 0.6 is 0 Å². The third kappa shape index (κ3) is 4.53. The van der Waals surface area contributed by atoms with E-state index in [-0.39, 0.29) is 0 Å². The topological polar surface area (TPSA) is 0 Å². The summed E-state index contributed by atoms with van der Waals surface area (Å²) in [6.07, 6.45) is 18.7. The van der Waals surface area contributed by atoms with Crippen LogP contribution in [0.1, 0.15) is 96.3 Å². The molecule has 0 aromatic rings. The second-order valence-electron chi connectivity index (χ2n) is 10.0. The van der Waals surface area contributed by atoms with E-state index in [9.17, 15) is 8.78 Å². The van der Waals surface area contributed by atoms with Crippen molar-refractivity contribution < 1.29 is 8.78 Å². The van der Waals surface area contributed by atoms with Crippen LogP contribution in [0.2, 0.25) is 0 Å². The molecule has 0 bridgehead atoms. The van der Waals surface area contributed by atoms with E-state index in [1.807, 2.05) is 0 Å². The summed E-state index contributed by atoms with van der Waals surface area (Å²) in [4.78, 5) is 0. The fourth-order valence-corrected chi connectivity index (χ4v) is 6.70. The lowest BCUT2D eigenvalue weighted by molar-refractivity contribution is 0.0963. The Morgan fingerprint density at radius 1 is 0.731 bits per heavy atom. The van der Waals surface area contributed by atoms with Crippen LogP contribution in [0.5, 0.6) is 0 Å². The lowest BCUT2D eigenvalue weighted by atomic mass is 9.68. The van der Waals surface area contributed by atoms with Crippen molar-refractivity contribution >= 4 is 0 Å². The molecule has 148 valence electrons. The first-order chi connectivity index (χ1) is 12.7. The van der Waals surface area contributed by atoms with Gasteiger partial charge in [0.2, 0.25) is 0 Å². The molecule has 4 aliphatic carbocycles. The maximum atomic E-state index is 13.7. The Bertz CT molecular complexity index is 471. The maximum absolute atomic E-state index is 13.7. The molecule has 0 N–H and O–H groups in total. The molecular formula is C24H38F2. The molecule has 4 aliphatic rings. The monoisotopic (exact) mass is 364 g/mol. The molecule has 26 heavy (non-hydrogen) atoms. The Morgan fingerprint density at radius 2 is 1.46 bits per heavy atom. The van der Waals surface area contributed by atoms with Crippen molar-refractivity contribution in [3.8, 4) is 0 Å². The van der Waals surface area contributed by atoms with Gasteiger partial charge in [0.1, 0.15) is 12.3 Å². The molecule has 3 fully saturated rings. The quantitative estimate of drug-likeness (QED) is 0.451. The summed E-state index contributed by atoms with van der Waals surface area (Å²) in [6.45, 7) is 0. The minimum absolute atomic E-state index is 0.333. The average Bonchev–Trinajstić information content (AvgIpc) is 3.18. The molecule has 0 saturated heterocycles. The van der Waals surface area contributed by atoms with E-state index in [2.05, 4.69) is 6.08 Å². The van der Waals surface area contributed by atoms with Crippen LogP contribution in [0.4, 0.5) is 8.78 Å². The second kappa shape index (κ2) is 8.74. The van der Waals surface area contributed by atoms with Crippen LogP contribution in [0.3, 0.4) is 0 Å². The summed E-state index contributed by atoms with van der Waals surface area (Å²) < 4.78 is 27.1. The fraction of sp³-hybridized carbons (Fsp3) is 0.917. The van der Waals surface area contributed by atoms with Gasteiger partial charge in [-0.15, -0.1) is 0 Å². The molecule has 0 aliphatic heterocycles. The summed E-state index contributed by atoms with van der Waals surface area (Å²) in [5, 5.41) is 0. The minimum Gasteiger partial charge on any atom is -0.244 e. The van der Waals surface area contributed by atoms with Gasteiger partial charge in [-0.1, -0.05) is 50.2 Å². The fourth-order valence-electron chi connectivity index (χ4n) is 6.70. The third-order valence-electron chi connectivity index (χ3n) is 8.40. The van der Waals surface area contributed by atoms with Gasteiger partial charge in [0.15, 0.2) is 0 Å². The van der Waals surface area contributed by atoms with Crippen LogP contribution in [0.15, 0.2) is 11.6 Å². The van der Waals surface area contributed by atoms with Crippen LogP contribution < -0.4 is 0 Å². The van der Waals surface area contributed by atoms with E-state index in [0.717, 1.165) is 36.5 Å². The minimum atomic E-state index is -1.22. The lowest BCUT2D eigenvalue weighted by Crippen LogP contribution is -2.30. The van der Waals surface area contributed by atoms with Gasteiger partial charge in [-0.2, -0.15) is 0 Å². The Morgan fingerprint density at radius 3 is 2.12 bits per heavy atom. The van der Waals surface area contributed by atoms with Gasteiger partial charge in [0.25, 0.3) is 0 Å². The number of halogens is 2. The Balaban J connectivity index is 1.22. The lowest BCUT2D eigenvalue weighted by Gasteiger charge is -2.38. The van der Waals surface area contributed by atoms with Gasteiger partial charge in [-0.05, 0) is 87.4 Å². The molecule has 0 nitrogen and oxygen atoms in total. The predicted molar refractivity (Wildman–Crippen MR) is 105 cm³/mol. The summed E-state index contributed by atoms with van der Waals surface area (Å²) in [5.41, 5.74) is 1.46. The number of rotatable bonds is 4. The highest BCUT2D eigenvalue weighted by Crippen LogP contribution is 2.45. The van der Waals surface area contributed by atoms with Crippen molar-refractivity contribution in [2.75, 3.05) is 0 Å². The number of hydrogen-bond acceptors (Lipinski definition) is 0. The Hall–Kier alpha value is -0.400. The van der Waals surface area contributed by atoms with E-state index < -0.39 is 12.3 Å². The van der Waals surface area contributed by atoms with Crippen LogP contribution in [-0.4, -0.2) is 12.3 Å². The third-order valence-corrected chi connectivity index (χ3v) is 8.40. The summed E-state index contributed by atoms with van der Waals surface area (Å²) in [7, 11) is 0. The first-order valence-corrected chi connectivity index (χ1v) is 11.7. The SMILES string of the molecule is FC1CCC(C2=CCC(C3CCC(CC4CCCC4)CC3)CC2)CC1F. The second-order valence-corrected chi connectivity index (χ2v) is 10.0. The average molecular weight is 365 g/mol. The Kier molecular flexibility index (Phi) is 6.36. The van der Waals surface area contributed by atoms with Crippen molar-refractivity contribution in [2.24, 2.45) is 29.6 Å². The van der Waals surface area contributed by atoms with Gasteiger partial charge in [-0.25, -0.2) is 8.78 Å². The van der Waals surface area contributed by atoms with E-state index >= 15 is 0 Å². The highest BCUT2D eigenvalue weighted by atomic mass is 19.2. The van der Waals surface area contributed by atoms with Crippen LogP contribution in [-0.2, 0) is 0 Å². The smallest absolute Gasteiger partial charge is 0.132 e. The molecule has 0 aromatic heterocycles. The van der Waals surface area contributed by atoms with Gasteiger partial charge in [-0.3, -0.25) is 0 Å². The molecule has 0 amide bonds. The molecule has 0 heterocycles. The van der Waals surface area contributed by atoms with E-state index in [4.69, 9.17) is 0 Å². The van der Waals surface area contributed by atoms with Crippen molar-refractivity contribution in [1.29, 1.82) is 0 Å². The molecule has 0 radical (unpaired) electrons. The van der Waals surface area contributed by atoms with Gasteiger partial charge in [0.05, 0.1) is 0 Å². The number of alkyl halides is 2. The van der Waals surface area contributed by atoms with Crippen LogP contribution in [0.25, 0.3) is 0 Å². The van der Waals surface area contributed by atoms with Crippen LogP contribution in [0, 0.1) is 29.6 Å².